The van der Waals surface area contributed by atoms with E-state index in [1.165, 1.54) is 14.2 Å². The Hall–Kier alpha value is -1.10. The van der Waals surface area contributed by atoms with Gasteiger partial charge in [-0.05, 0) is 12.8 Å². The Morgan fingerprint density at radius 3 is 2.31 bits per heavy atom. The van der Waals surface area contributed by atoms with Crippen molar-refractivity contribution in [2.45, 2.75) is 18.4 Å². The van der Waals surface area contributed by atoms with E-state index in [0.29, 0.717) is 0 Å². The molecule has 0 saturated heterocycles. The lowest BCUT2D eigenvalue weighted by Gasteiger charge is -2.13. The van der Waals surface area contributed by atoms with Crippen molar-refractivity contribution in [1.29, 1.82) is 0 Å². The SMILES string of the molecule is COC(=O)CNC1(C(=O)OC)CC1. The maximum Gasteiger partial charge on any atom is 0.326 e. The summed E-state index contributed by atoms with van der Waals surface area (Å²) >= 11 is 0. The van der Waals surface area contributed by atoms with Crippen LogP contribution < -0.4 is 5.32 Å². The van der Waals surface area contributed by atoms with Crippen LogP contribution in [0.5, 0.6) is 0 Å². The van der Waals surface area contributed by atoms with Crippen LogP contribution in [-0.4, -0.2) is 38.2 Å². The molecule has 0 heterocycles. The fourth-order valence-electron chi connectivity index (χ4n) is 1.09. The maximum absolute atomic E-state index is 11.2. The van der Waals surface area contributed by atoms with Crippen molar-refractivity contribution in [1.82, 2.24) is 5.32 Å². The molecule has 1 saturated carbocycles. The zero-order valence-electron chi connectivity index (χ0n) is 7.75. The Bertz CT molecular complexity index is 222. The monoisotopic (exact) mass is 187 g/mol. The predicted molar refractivity (Wildman–Crippen MR) is 44.0 cm³/mol. The minimum Gasteiger partial charge on any atom is -0.468 e. The number of hydrogen-bond donors (Lipinski definition) is 1. The van der Waals surface area contributed by atoms with E-state index in [1.807, 2.05) is 0 Å². The van der Waals surface area contributed by atoms with Gasteiger partial charge in [-0.1, -0.05) is 0 Å². The molecule has 0 bridgehead atoms. The Labute approximate surface area is 76.4 Å². The molecule has 0 aromatic carbocycles. The molecule has 1 N–H and O–H groups in total. The number of rotatable bonds is 4. The number of nitrogens with one attached hydrogen (secondary N) is 1. The van der Waals surface area contributed by atoms with Crippen LogP contribution in [0.1, 0.15) is 12.8 Å². The first-order valence-corrected chi connectivity index (χ1v) is 4.05. The molecule has 0 aliphatic heterocycles. The van der Waals surface area contributed by atoms with Gasteiger partial charge in [-0.2, -0.15) is 0 Å². The van der Waals surface area contributed by atoms with Gasteiger partial charge in [0, 0.05) is 0 Å². The summed E-state index contributed by atoms with van der Waals surface area (Å²) < 4.78 is 9.02. The molecule has 0 amide bonds. The van der Waals surface area contributed by atoms with Gasteiger partial charge in [-0.25, -0.2) is 0 Å². The summed E-state index contributed by atoms with van der Waals surface area (Å²) in [6, 6.07) is 0. The number of ether oxygens (including phenoxy) is 2. The van der Waals surface area contributed by atoms with E-state index in [-0.39, 0.29) is 18.5 Å². The quantitative estimate of drug-likeness (QED) is 0.598. The van der Waals surface area contributed by atoms with Crippen LogP contribution in [0.25, 0.3) is 0 Å². The molecule has 1 fully saturated rings. The normalized spacial score (nSPS) is 17.7. The lowest BCUT2D eigenvalue weighted by atomic mass is 10.3. The standard InChI is InChI=1S/C8H13NO4/c1-12-6(10)5-9-8(3-4-8)7(11)13-2/h9H,3-5H2,1-2H3. The number of hydrogen-bond acceptors (Lipinski definition) is 5. The zero-order valence-corrected chi connectivity index (χ0v) is 7.75. The van der Waals surface area contributed by atoms with Crippen molar-refractivity contribution in [3.8, 4) is 0 Å². The van der Waals surface area contributed by atoms with Crippen LogP contribution in [0.2, 0.25) is 0 Å². The van der Waals surface area contributed by atoms with Crippen molar-refractivity contribution < 1.29 is 19.1 Å². The molecule has 0 aromatic rings. The molecule has 5 nitrogen and oxygen atoms in total. The third-order valence-corrected chi connectivity index (χ3v) is 2.12. The molecule has 0 unspecified atom stereocenters. The highest BCUT2D eigenvalue weighted by Crippen LogP contribution is 2.36. The van der Waals surface area contributed by atoms with Crippen molar-refractivity contribution in [2.24, 2.45) is 0 Å². The second-order valence-corrected chi connectivity index (χ2v) is 3.00. The largest absolute Gasteiger partial charge is 0.468 e. The summed E-state index contributed by atoms with van der Waals surface area (Å²) in [5, 5.41) is 2.82. The van der Waals surface area contributed by atoms with E-state index in [0.717, 1.165) is 12.8 Å². The van der Waals surface area contributed by atoms with Gasteiger partial charge >= 0.3 is 11.9 Å². The van der Waals surface area contributed by atoms with Crippen LogP contribution in [0, 0.1) is 0 Å². The average Bonchev–Trinajstić information content (AvgIpc) is 2.94. The number of carbonyl (C=O) groups excluding carboxylic acids is 2. The molecule has 0 aromatic heterocycles. The first-order valence-electron chi connectivity index (χ1n) is 4.05. The Balaban J connectivity index is 2.36. The van der Waals surface area contributed by atoms with E-state index in [9.17, 15) is 9.59 Å². The lowest BCUT2D eigenvalue weighted by Crippen LogP contribution is -2.42. The van der Waals surface area contributed by atoms with Gasteiger partial charge in [0.25, 0.3) is 0 Å². The van der Waals surface area contributed by atoms with E-state index in [2.05, 4.69) is 14.8 Å². The van der Waals surface area contributed by atoms with Gasteiger partial charge in [0.15, 0.2) is 0 Å². The summed E-state index contributed by atoms with van der Waals surface area (Å²) in [5.41, 5.74) is -0.622. The molecule has 0 spiro atoms. The molecule has 5 heteroatoms. The van der Waals surface area contributed by atoms with Crippen LogP contribution in [0.15, 0.2) is 0 Å². The predicted octanol–water partition coefficient (Wildman–Crippen LogP) is -0.545. The Morgan fingerprint density at radius 1 is 1.31 bits per heavy atom. The van der Waals surface area contributed by atoms with E-state index in [4.69, 9.17) is 0 Å². The molecule has 0 radical (unpaired) electrons. The molecule has 1 rings (SSSR count). The third-order valence-electron chi connectivity index (χ3n) is 2.12. The molecular formula is C8H13NO4. The number of methoxy groups -OCH3 is 2. The lowest BCUT2D eigenvalue weighted by molar-refractivity contribution is -0.145. The zero-order chi connectivity index (χ0) is 9.90. The fourth-order valence-corrected chi connectivity index (χ4v) is 1.09. The molecule has 1 aliphatic rings. The highest BCUT2D eigenvalue weighted by Gasteiger charge is 2.51. The molecule has 13 heavy (non-hydrogen) atoms. The van der Waals surface area contributed by atoms with E-state index < -0.39 is 5.54 Å². The van der Waals surface area contributed by atoms with Crippen molar-refractivity contribution in [3.05, 3.63) is 0 Å². The number of esters is 2. The summed E-state index contributed by atoms with van der Waals surface area (Å²) in [7, 11) is 2.64. The summed E-state index contributed by atoms with van der Waals surface area (Å²) in [4.78, 5) is 21.9. The highest BCUT2D eigenvalue weighted by molar-refractivity contribution is 5.85. The van der Waals surface area contributed by atoms with Gasteiger partial charge in [0.05, 0.1) is 20.8 Å². The number of carbonyl (C=O) groups is 2. The van der Waals surface area contributed by atoms with Crippen molar-refractivity contribution in [2.75, 3.05) is 20.8 Å². The van der Waals surface area contributed by atoms with Gasteiger partial charge in [-0.3, -0.25) is 14.9 Å². The topological polar surface area (TPSA) is 64.6 Å². The summed E-state index contributed by atoms with van der Waals surface area (Å²) in [6.45, 7) is 0.0472. The van der Waals surface area contributed by atoms with Crippen molar-refractivity contribution >= 4 is 11.9 Å². The molecule has 1 aliphatic carbocycles. The second-order valence-electron chi connectivity index (χ2n) is 3.00. The molecule has 0 atom stereocenters. The first kappa shape index (κ1) is 9.98. The van der Waals surface area contributed by atoms with E-state index in [1.54, 1.807) is 0 Å². The van der Waals surface area contributed by atoms with Gasteiger partial charge < -0.3 is 9.47 Å². The van der Waals surface area contributed by atoms with Gasteiger partial charge in [-0.15, -0.1) is 0 Å². The van der Waals surface area contributed by atoms with Crippen LogP contribution >= 0.6 is 0 Å². The Kier molecular flexibility index (Phi) is 2.87. The Morgan fingerprint density at radius 2 is 1.92 bits per heavy atom. The van der Waals surface area contributed by atoms with Crippen LogP contribution in [0.4, 0.5) is 0 Å². The van der Waals surface area contributed by atoms with Gasteiger partial charge in [0.1, 0.15) is 5.54 Å². The van der Waals surface area contributed by atoms with Crippen LogP contribution in [-0.2, 0) is 19.1 Å². The summed E-state index contributed by atoms with van der Waals surface area (Å²) in [5.74, 6) is -0.688. The maximum atomic E-state index is 11.2. The van der Waals surface area contributed by atoms with Crippen molar-refractivity contribution in [3.63, 3.8) is 0 Å². The average molecular weight is 187 g/mol. The summed E-state index contributed by atoms with van der Waals surface area (Å²) in [6.07, 6.45) is 1.44. The van der Waals surface area contributed by atoms with Gasteiger partial charge in [0.2, 0.25) is 0 Å². The molecular weight excluding hydrogens is 174 g/mol. The third kappa shape index (κ3) is 2.18. The fraction of sp³-hybridized carbons (Fsp3) is 0.750. The highest BCUT2D eigenvalue weighted by atomic mass is 16.5. The second kappa shape index (κ2) is 3.74. The smallest absolute Gasteiger partial charge is 0.326 e. The van der Waals surface area contributed by atoms with E-state index >= 15 is 0 Å². The minimum atomic E-state index is -0.622. The molecule has 74 valence electrons. The first-order chi connectivity index (χ1) is 6.14. The van der Waals surface area contributed by atoms with Crippen LogP contribution in [0.3, 0.4) is 0 Å². The minimum absolute atomic E-state index is 0.0472.